The monoisotopic (exact) mass is 372 g/mol. The van der Waals surface area contributed by atoms with Crippen LogP contribution in [0.15, 0.2) is 18.3 Å². The number of ether oxygens (including phenoxy) is 1. The third kappa shape index (κ3) is 5.30. The van der Waals surface area contributed by atoms with E-state index in [1.807, 2.05) is 44.5 Å². The topological polar surface area (TPSA) is 68.2 Å². The molecule has 6 nitrogen and oxygen atoms in total. The van der Waals surface area contributed by atoms with Gasteiger partial charge in [0.1, 0.15) is 0 Å². The average Bonchev–Trinajstić information content (AvgIpc) is 3.02. The van der Waals surface area contributed by atoms with Crippen LogP contribution in [0.25, 0.3) is 10.9 Å². The summed E-state index contributed by atoms with van der Waals surface area (Å²) in [5.41, 5.74) is 2.45. The Morgan fingerprint density at radius 1 is 1.33 bits per heavy atom. The Balaban J connectivity index is 1.66. The van der Waals surface area contributed by atoms with Crippen LogP contribution >= 0.6 is 0 Å². The Morgan fingerprint density at radius 3 is 2.78 bits per heavy atom. The van der Waals surface area contributed by atoms with E-state index < -0.39 is 0 Å². The zero-order valence-corrected chi connectivity index (χ0v) is 17.0. The molecule has 0 bridgehead atoms. The molecule has 1 aliphatic heterocycles. The molecular weight excluding hydrogens is 340 g/mol. The van der Waals surface area contributed by atoms with Gasteiger partial charge in [-0.15, -0.1) is 0 Å². The van der Waals surface area contributed by atoms with Crippen molar-refractivity contribution in [3.05, 3.63) is 29.5 Å². The molecule has 0 saturated carbocycles. The minimum atomic E-state index is -0.192. The van der Waals surface area contributed by atoms with E-state index in [0.717, 1.165) is 36.1 Å². The zero-order chi connectivity index (χ0) is 19.4. The Hall–Kier alpha value is -1.92. The first-order valence-electron chi connectivity index (χ1n) is 9.93. The number of hydrogen-bond acceptors (Lipinski definition) is 4. The molecule has 0 unspecified atom stereocenters. The van der Waals surface area contributed by atoms with Crippen molar-refractivity contribution in [3.63, 3.8) is 0 Å². The fraction of sp³-hybridized carbons (Fsp3) is 0.619. The first kappa shape index (κ1) is 19.8. The van der Waals surface area contributed by atoms with Crippen LogP contribution in [0, 0.1) is 12.8 Å². The van der Waals surface area contributed by atoms with Crippen molar-refractivity contribution < 1.29 is 9.53 Å². The summed E-state index contributed by atoms with van der Waals surface area (Å²) < 4.78 is 7.71. The van der Waals surface area contributed by atoms with Gasteiger partial charge < -0.3 is 15.4 Å². The highest BCUT2D eigenvalue weighted by atomic mass is 16.5. The number of aromatic nitrogens is 2. The molecule has 1 fully saturated rings. The molecule has 2 N–H and O–H groups in total. The smallest absolute Gasteiger partial charge is 0.251 e. The number of aryl methyl sites for hydroxylation is 1. The predicted molar refractivity (Wildman–Crippen MR) is 108 cm³/mol. The predicted octanol–water partition coefficient (Wildman–Crippen LogP) is 2.89. The van der Waals surface area contributed by atoms with E-state index >= 15 is 0 Å². The van der Waals surface area contributed by atoms with Crippen LogP contribution in [-0.2, 0) is 11.3 Å². The van der Waals surface area contributed by atoms with Gasteiger partial charge >= 0.3 is 0 Å². The second-order valence-corrected chi connectivity index (χ2v) is 8.43. The van der Waals surface area contributed by atoms with E-state index in [9.17, 15) is 4.79 Å². The lowest BCUT2D eigenvalue weighted by Crippen LogP contribution is -2.31. The Kier molecular flexibility index (Phi) is 6.17. The van der Waals surface area contributed by atoms with E-state index in [4.69, 9.17) is 9.84 Å². The number of benzene rings is 1. The Labute approximate surface area is 161 Å². The third-order valence-corrected chi connectivity index (χ3v) is 5.08. The molecule has 27 heavy (non-hydrogen) atoms. The molecule has 1 amide bonds. The number of nitrogens with zero attached hydrogens (tertiary/aromatic N) is 2. The summed E-state index contributed by atoms with van der Waals surface area (Å²) in [6.45, 7) is 12.2. The minimum Gasteiger partial charge on any atom is -0.374 e. The van der Waals surface area contributed by atoms with Gasteiger partial charge in [0.05, 0.1) is 17.7 Å². The van der Waals surface area contributed by atoms with E-state index in [0.29, 0.717) is 24.6 Å². The van der Waals surface area contributed by atoms with Crippen LogP contribution in [0.1, 0.15) is 49.5 Å². The number of piperidine rings is 1. The van der Waals surface area contributed by atoms with Gasteiger partial charge in [0.15, 0.2) is 0 Å². The highest BCUT2D eigenvalue weighted by molar-refractivity contribution is 6.00. The maximum absolute atomic E-state index is 12.6. The Bertz CT molecular complexity index is 785. The van der Waals surface area contributed by atoms with Gasteiger partial charge in [0, 0.05) is 30.2 Å². The van der Waals surface area contributed by atoms with Gasteiger partial charge in [0.25, 0.3) is 5.91 Å². The molecule has 1 aromatic carbocycles. The average molecular weight is 373 g/mol. The molecular formula is C21H32N4O2. The molecule has 0 aliphatic carbocycles. The van der Waals surface area contributed by atoms with Crippen molar-refractivity contribution in [3.8, 4) is 0 Å². The summed E-state index contributed by atoms with van der Waals surface area (Å²) in [5, 5.41) is 12.1. The minimum absolute atomic E-state index is 0.0574. The van der Waals surface area contributed by atoms with Crippen LogP contribution in [-0.4, -0.2) is 47.5 Å². The summed E-state index contributed by atoms with van der Waals surface area (Å²) in [4.78, 5) is 12.6. The fourth-order valence-corrected chi connectivity index (χ4v) is 3.57. The zero-order valence-electron chi connectivity index (χ0n) is 17.0. The van der Waals surface area contributed by atoms with Gasteiger partial charge in [0.2, 0.25) is 0 Å². The molecule has 3 rings (SSSR count). The maximum Gasteiger partial charge on any atom is 0.251 e. The SMILES string of the molecule is Cc1c(C(=O)NCCOC(C)(C)C)ccc2nn(CC3CCNCC3)cc12. The van der Waals surface area contributed by atoms with Gasteiger partial charge in [-0.1, -0.05) is 0 Å². The highest BCUT2D eigenvalue weighted by Gasteiger charge is 2.17. The summed E-state index contributed by atoms with van der Waals surface area (Å²) in [7, 11) is 0. The van der Waals surface area contributed by atoms with Crippen LogP contribution in [0.2, 0.25) is 0 Å². The molecule has 0 radical (unpaired) electrons. The number of hydrogen-bond donors (Lipinski definition) is 2. The largest absolute Gasteiger partial charge is 0.374 e. The molecule has 2 aromatic rings. The van der Waals surface area contributed by atoms with E-state index in [1.54, 1.807) is 0 Å². The molecule has 0 spiro atoms. The van der Waals surface area contributed by atoms with Crippen molar-refractivity contribution >= 4 is 16.8 Å². The van der Waals surface area contributed by atoms with E-state index in [2.05, 4.69) is 16.8 Å². The van der Waals surface area contributed by atoms with Crippen LogP contribution in [0.3, 0.4) is 0 Å². The number of carbonyl (C=O) groups excluding carboxylic acids is 1. The van der Waals surface area contributed by atoms with Crippen LogP contribution < -0.4 is 10.6 Å². The first-order chi connectivity index (χ1) is 12.8. The Morgan fingerprint density at radius 2 is 2.07 bits per heavy atom. The van der Waals surface area contributed by atoms with Gasteiger partial charge in [-0.25, -0.2) is 0 Å². The van der Waals surface area contributed by atoms with Crippen molar-refractivity contribution in [2.24, 2.45) is 5.92 Å². The van der Waals surface area contributed by atoms with Crippen LogP contribution in [0.5, 0.6) is 0 Å². The normalized spacial score (nSPS) is 16.0. The standard InChI is InChI=1S/C21H32N4O2/c1-15-17(20(26)23-11-12-27-21(2,3)4)5-6-19-18(15)14-25(24-19)13-16-7-9-22-10-8-16/h5-6,14,16,22H,7-13H2,1-4H3,(H,23,26). The number of carbonyl (C=O) groups is 1. The lowest BCUT2D eigenvalue weighted by molar-refractivity contribution is -0.000655. The third-order valence-electron chi connectivity index (χ3n) is 5.08. The van der Waals surface area contributed by atoms with E-state index in [-0.39, 0.29) is 11.5 Å². The number of rotatable bonds is 6. The highest BCUT2D eigenvalue weighted by Crippen LogP contribution is 2.22. The van der Waals surface area contributed by atoms with Gasteiger partial charge in [-0.2, -0.15) is 5.10 Å². The van der Waals surface area contributed by atoms with E-state index in [1.165, 1.54) is 12.8 Å². The number of nitrogens with one attached hydrogen (secondary N) is 2. The molecule has 1 aliphatic rings. The molecule has 1 saturated heterocycles. The number of fused-ring (bicyclic) bond motifs is 1. The number of amides is 1. The van der Waals surface area contributed by atoms with Gasteiger partial charge in [-0.05, 0) is 77.2 Å². The fourth-order valence-electron chi connectivity index (χ4n) is 3.57. The maximum atomic E-state index is 12.6. The summed E-state index contributed by atoms with van der Waals surface area (Å²) in [5.74, 6) is 0.615. The quantitative estimate of drug-likeness (QED) is 0.765. The lowest BCUT2D eigenvalue weighted by Gasteiger charge is -2.22. The molecule has 6 heteroatoms. The van der Waals surface area contributed by atoms with Crippen molar-refractivity contribution in [1.82, 2.24) is 20.4 Å². The van der Waals surface area contributed by atoms with Crippen LogP contribution in [0.4, 0.5) is 0 Å². The summed E-state index contributed by atoms with van der Waals surface area (Å²) in [6.07, 6.45) is 4.48. The first-order valence-corrected chi connectivity index (χ1v) is 9.93. The molecule has 2 heterocycles. The summed E-state index contributed by atoms with van der Waals surface area (Å²) >= 11 is 0. The molecule has 148 valence electrons. The second kappa shape index (κ2) is 8.40. The molecule has 0 atom stereocenters. The summed E-state index contributed by atoms with van der Waals surface area (Å²) in [6, 6.07) is 3.82. The van der Waals surface area contributed by atoms with Crippen molar-refractivity contribution in [1.29, 1.82) is 0 Å². The van der Waals surface area contributed by atoms with Crippen molar-refractivity contribution in [2.75, 3.05) is 26.2 Å². The lowest BCUT2D eigenvalue weighted by atomic mass is 9.98. The van der Waals surface area contributed by atoms with Gasteiger partial charge in [-0.3, -0.25) is 9.48 Å². The van der Waals surface area contributed by atoms with Crippen molar-refractivity contribution in [2.45, 2.75) is 52.7 Å². The molecule has 1 aromatic heterocycles. The second-order valence-electron chi connectivity index (χ2n) is 8.43.